The van der Waals surface area contributed by atoms with E-state index in [1.165, 1.54) is 0 Å². The normalized spacial score (nSPS) is 10.3. The van der Waals surface area contributed by atoms with Gasteiger partial charge in [0.15, 0.2) is 0 Å². The fourth-order valence-electron chi connectivity index (χ4n) is 1.22. The third-order valence-corrected chi connectivity index (χ3v) is 2.61. The van der Waals surface area contributed by atoms with E-state index in [1.54, 1.807) is 0 Å². The molecule has 1 rings (SSSR count). The summed E-state index contributed by atoms with van der Waals surface area (Å²) in [6.45, 7) is 8.43. The van der Waals surface area contributed by atoms with E-state index in [-0.39, 0.29) is 0 Å². The van der Waals surface area contributed by atoms with Crippen LogP contribution in [-0.2, 0) is 0 Å². The lowest BCUT2D eigenvalue weighted by molar-refractivity contribution is 0.336. The summed E-state index contributed by atoms with van der Waals surface area (Å²) in [5.41, 5.74) is 1.09. The van der Waals surface area contributed by atoms with Gasteiger partial charge in [-0.2, -0.15) is 0 Å². The molecule has 0 fully saturated rings. The van der Waals surface area contributed by atoms with Gasteiger partial charge in [-0.15, -0.1) is 6.58 Å². The minimum absolute atomic E-state index is 0.667. The van der Waals surface area contributed by atoms with Gasteiger partial charge in [0.05, 0.1) is 11.1 Å². The Morgan fingerprint density at radius 3 is 2.86 bits per heavy atom. The van der Waals surface area contributed by atoms with Crippen LogP contribution < -0.4 is 4.74 Å². The molecule has 0 aliphatic heterocycles. The third-order valence-electron chi connectivity index (χ3n) is 1.99. The maximum atomic E-state index is 5.58. The number of hydrogen-bond donors (Lipinski definition) is 0. The summed E-state index contributed by atoms with van der Waals surface area (Å²) in [4.78, 5) is 0. The largest absolute Gasteiger partial charge is 0.492 e. The number of halogens is 1. The molecule has 2 heteroatoms. The van der Waals surface area contributed by atoms with E-state index in [2.05, 4.69) is 22.5 Å². The van der Waals surface area contributed by atoms with Gasteiger partial charge in [0, 0.05) is 11.5 Å². The lowest BCUT2D eigenvalue weighted by Crippen LogP contribution is -1.99. The molecule has 1 radical (unpaired) electrons. The molecule has 0 saturated carbocycles. The average molecular weight is 254 g/mol. The van der Waals surface area contributed by atoms with Gasteiger partial charge in [-0.1, -0.05) is 25.1 Å². The molecule has 1 aromatic rings. The molecule has 0 aliphatic rings. The third kappa shape index (κ3) is 2.38. The van der Waals surface area contributed by atoms with Crippen LogP contribution >= 0.6 is 15.9 Å². The highest BCUT2D eigenvalue weighted by molar-refractivity contribution is 9.10. The molecule has 75 valence electrons. The smallest absolute Gasteiger partial charge is 0.137 e. The van der Waals surface area contributed by atoms with E-state index in [1.807, 2.05) is 38.1 Å². The first-order valence-electron chi connectivity index (χ1n) is 4.58. The zero-order valence-corrected chi connectivity index (χ0v) is 10.1. The van der Waals surface area contributed by atoms with Crippen molar-refractivity contribution in [1.82, 2.24) is 0 Å². The highest BCUT2D eigenvalue weighted by Gasteiger charge is 2.11. The van der Waals surface area contributed by atoms with Gasteiger partial charge >= 0.3 is 0 Å². The lowest BCUT2D eigenvalue weighted by Gasteiger charge is -2.14. The lowest BCUT2D eigenvalue weighted by atomic mass is 10.0. The summed E-state index contributed by atoms with van der Waals surface area (Å²) in [6, 6.07) is 6.01. The fraction of sp³-hybridized carbons (Fsp3) is 0.250. The minimum Gasteiger partial charge on any atom is -0.492 e. The number of para-hydroxylation sites is 1. The van der Waals surface area contributed by atoms with Crippen LogP contribution in [0.1, 0.15) is 19.4 Å². The number of benzene rings is 1. The Labute approximate surface area is 93.9 Å². The van der Waals surface area contributed by atoms with Gasteiger partial charge in [-0.3, -0.25) is 0 Å². The van der Waals surface area contributed by atoms with E-state index in [0.717, 1.165) is 21.7 Å². The van der Waals surface area contributed by atoms with Crippen molar-refractivity contribution >= 4 is 15.9 Å². The van der Waals surface area contributed by atoms with Crippen LogP contribution in [0.2, 0.25) is 0 Å². The molecule has 0 amide bonds. The SMILES string of the molecule is C=C[C](C)c1cccc(Br)c1OCC. The van der Waals surface area contributed by atoms with Gasteiger partial charge < -0.3 is 4.74 Å². The molecule has 0 aliphatic carbocycles. The summed E-state index contributed by atoms with van der Waals surface area (Å²) in [7, 11) is 0. The molecule has 14 heavy (non-hydrogen) atoms. The molecule has 0 bridgehead atoms. The van der Waals surface area contributed by atoms with Crippen LogP contribution in [0, 0.1) is 5.92 Å². The van der Waals surface area contributed by atoms with Crippen molar-refractivity contribution in [3.05, 3.63) is 46.8 Å². The molecule has 0 unspecified atom stereocenters. The predicted molar refractivity (Wildman–Crippen MR) is 63.5 cm³/mol. The summed E-state index contributed by atoms with van der Waals surface area (Å²) in [5, 5.41) is 0. The monoisotopic (exact) mass is 253 g/mol. The Kier molecular flexibility index (Phi) is 4.21. The van der Waals surface area contributed by atoms with Gasteiger partial charge in [0.25, 0.3) is 0 Å². The summed E-state index contributed by atoms with van der Waals surface area (Å²) in [5.74, 6) is 2.02. The van der Waals surface area contributed by atoms with Crippen LogP contribution in [0.4, 0.5) is 0 Å². The van der Waals surface area contributed by atoms with Gasteiger partial charge in [-0.05, 0) is 28.9 Å². The zero-order valence-electron chi connectivity index (χ0n) is 8.51. The number of allylic oxidation sites excluding steroid dienone is 1. The maximum absolute atomic E-state index is 5.58. The van der Waals surface area contributed by atoms with Gasteiger partial charge in [0.1, 0.15) is 5.75 Å². The van der Waals surface area contributed by atoms with Crippen LogP contribution in [0.25, 0.3) is 0 Å². The van der Waals surface area contributed by atoms with Gasteiger partial charge in [0.2, 0.25) is 0 Å². The molecule has 0 spiro atoms. The van der Waals surface area contributed by atoms with Crippen molar-refractivity contribution in [2.24, 2.45) is 0 Å². The Morgan fingerprint density at radius 1 is 1.57 bits per heavy atom. The summed E-state index contributed by atoms with van der Waals surface area (Å²) in [6.07, 6.45) is 1.84. The van der Waals surface area contributed by atoms with Crippen molar-refractivity contribution < 1.29 is 4.74 Å². The standard InChI is InChI=1S/C12H14BrO/c1-4-9(3)10-7-6-8-11(13)12(10)14-5-2/h4,6-8H,1,5H2,2-3H3. The van der Waals surface area contributed by atoms with E-state index < -0.39 is 0 Å². The number of hydrogen-bond acceptors (Lipinski definition) is 1. The van der Waals surface area contributed by atoms with E-state index in [0.29, 0.717) is 6.61 Å². The van der Waals surface area contributed by atoms with Crippen molar-refractivity contribution in [3.8, 4) is 5.75 Å². The molecule has 1 aromatic carbocycles. The average Bonchev–Trinajstić information content (AvgIpc) is 2.20. The van der Waals surface area contributed by atoms with Crippen LogP contribution in [0.3, 0.4) is 0 Å². The Morgan fingerprint density at radius 2 is 2.29 bits per heavy atom. The molecule has 0 saturated heterocycles. The van der Waals surface area contributed by atoms with Crippen molar-refractivity contribution in [3.63, 3.8) is 0 Å². The molecular formula is C12H14BrO. The van der Waals surface area contributed by atoms with Crippen LogP contribution in [0.15, 0.2) is 35.3 Å². The Balaban J connectivity index is 3.13. The zero-order chi connectivity index (χ0) is 10.6. The molecule has 0 N–H and O–H groups in total. The van der Waals surface area contributed by atoms with Crippen molar-refractivity contribution in [2.75, 3.05) is 6.61 Å². The number of ether oxygens (including phenoxy) is 1. The second-order valence-corrected chi connectivity index (χ2v) is 3.79. The molecular weight excluding hydrogens is 240 g/mol. The fourth-order valence-corrected chi connectivity index (χ4v) is 1.70. The first-order valence-corrected chi connectivity index (χ1v) is 5.37. The Hall–Kier alpha value is -0.760. The molecule has 0 heterocycles. The van der Waals surface area contributed by atoms with E-state index in [9.17, 15) is 0 Å². The van der Waals surface area contributed by atoms with Crippen molar-refractivity contribution in [2.45, 2.75) is 13.8 Å². The molecule has 1 nitrogen and oxygen atoms in total. The topological polar surface area (TPSA) is 9.23 Å². The number of rotatable bonds is 4. The first-order chi connectivity index (χ1) is 6.70. The quantitative estimate of drug-likeness (QED) is 0.789. The van der Waals surface area contributed by atoms with Gasteiger partial charge in [-0.25, -0.2) is 0 Å². The summed E-state index contributed by atoms with van der Waals surface area (Å²) < 4.78 is 6.56. The molecule has 0 aromatic heterocycles. The Bertz CT molecular complexity index is 320. The minimum atomic E-state index is 0.667. The van der Waals surface area contributed by atoms with E-state index >= 15 is 0 Å². The van der Waals surface area contributed by atoms with Crippen LogP contribution in [0.5, 0.6) is 5.75 Å². The van der Waals surface area contributed by atoms with Crippen molar-refractivity contribution in [1.29, 1.82) is 0 Å². The second kappa shape index (κ2) is 5.20. The maximum Gasteiger partial charge on any atom is 0.137 e. The highest BCUT2D eigenvalue weighted by Crippen LogP contribution is 2.33. The highest BCUT2D eigenvalue weighted by atomic mass is 79.9. The van der Waals surface area contributed by atoms with E-state index in [4.69, 9.17) is 4.74 Å². The second-order valence-electron chi connectivity index (χ2n) is 2.94. The molecule has 0 atom stereocenters. The summed E-state index contributed by atoms with van der Waals surface area (Å²) >= 11 is 3.47. The predicted octanol–water partition coefficient (Wildman–Crippen LogP) is 3.98. The first kappa shape index (κ1) is 11.3. The van der Waals surface area contributed by atoms with Crippen LogP contribution in [-0.4, -0.2) is 6.61 Å².